The van der Waals surface area contributed by atoms with E-state index >= 15 is 0 Å². The van der Waals surface area contributed by atoms with Crippen LogP contribution in [0.15, 0.2) is 24.3 Å². The van der Waals surface area contributed by atoms with E-state index in [9.17, 15) is 9.59 Å². The molecule has 1 unspecified atom stereocenters. The third kappa shape index (κ3) is 6.54. The van der Waals surface area contributed by atoms with Gasteiger partial charge in [0.2, 0.25) is 11.8 Å². The Hall–Kier alpha value is -1.59. The van der Waals surface area contributed by atoms with E-state index in [1.54, 1.807) is 6.07 Å². The predicted octanol–water partition coefficient (Wildman–Crippen LogP) is 1.81. The Morgan fingerprint density at radius 2 is 2.05 bits per heavy atom. The van der Waals surface area contributed by atoms with Crippen LogP contribution in [0, 0.1) is 0 Å². The van der Waals surface area contributed by atoms with Gasteiger partial charge in [-0.3, -0.25) is 9.59 Å². The highest BCUT2D eigenvalue weighted by atomic mass is 35.5. The van der Waals surface area contributed by atoms with Crippen LogP contribution in [0.3, 0.4) is 0 Å². The van der Waals surface area contributed by atoms with Gasteiger partial charge >= 0.3 is 0 Å². The molecule has 1 rings (SSSR count). The van der Waals surface area contributed by atoms with Crippen LogP contribution in [0.25, 0.3) is 0 Å². The minimum absolute atomic E-state index is 0. The van der Waals surface area contributed by atoms with Gasteiger partial charge in [0.15, 0.2) is 0 Å². The predicted molar refractivity (Wildman–Crippen MR) is 82.7 cm³/mol. The number of nitrogens with one attached hydrogen (secondary N) is 2. The number of anilines is 1. The molecule has 1 atom stereocenters. The summed E-state index contributed by atoms with van der Waals surface area (Å²) in [5.74, 6) is -0.266. The smallest absolute Gasteiger partial charge is 0.237 e. The van der Waals surface area contributed by atoms with Crippen molar-refractivity contribution in [1.29, 1.82) is 0 Å². The highest BCUT2D eigenvalue weighted by Gasteiger charge is 2.11. The third-order valence-corrected chi connectivity index (χ3v) is 2.65. The number of nitrogens with two attached hydrogens (primary N) is 1. The molecule has 112 valence electrons. The molecule has 5 nitrogen and oxygen atoms in total. The standard InChI is InChI=1S/C14H21N3O2.ClH/c1-3-5-13(15)14(19)16-9-11-6-4-7-12(8-11)17-10(2)18;/h4,6-8,13H,3,5,9,15H2,1-2H3,(H,16,19)(H,17,18);1H. The summed E-state index contributed by atoms with van der Waals surface area (Å²) in [5, 5.41) is 5.49. The average molecular weight is 300 g/mol. The number of rotatable bonds is 6. The lowest BCUT2D eigenvalue weighted by molar-refractivity contribution is -0.122. The molecule has 1 aromatic rings. The SMILES string of the molecule is CCCC(N)C(=O)NCc1cccc(NC(C)=O)c1.Cl. The largest absolute Gasteiger partial charge is 0.351 e. The number of amides is 2. The first-order chi connectivity index (χ1) is 9.02. The van der Waals surface area contributed by atoms with Gasteiger partial charge in [0, 0.05) is 19.2 Å². The number of hydrogen-bond donors (Lipinski definition) is 3. The molecule has 20 heavy (non-hydrogen) atoms. The molecule has 0 aliphatic carbocycles. The number of hydrogen-bond acceptors (Lipinski definition) is 3. The summed E-state index contributed by atoms with van der Waals surface area (Å²) < 4.78 is 0. The maximum absolute atomic E-state index is 11.7. The second kappa shape index (κ2) is 9.34. The first-order valence-corrected chi connectivity index (χ1v) is 6.42. The highest BCUT2D eigenvalue weighted by Crippen LogP contribution is 2.10. The summed E-state index contributed by atoms with van der Waals surface area (Å²) in [7, 11) is 0. The van der Waals surface area contributed by atoms with Crippen LogP contribution in [0.2, 0.25) is 0 Å². The Bertz CT molecular complexity index is 452. The second-order valence-corrected chi connectivity index (χ2v) is 4.49. The molecule has 6 heteroatoms. The van der Waals surface area contributed by atoms with Gasteiger partial charge in [-0.15, -0.1) is 12.4 Å². The van der Waals surface area contributed by atoms with Gasteiger partial charge in [-0.1, -0.05) is 25.5 Å². The first-order valence-electron chi connectivity index (χ1n) is 6.42. The van der Waals surface area contributed by atoms with Crippen LogP contribution < -0.4 is 16.4 Å². The maximum atomic E-state index is 11.7. The number of halogens is 1. The van der Waals surface area contributed by atoms with E-state index in [-0.39, 0.29) is 24.2 Å². The van der Waals surface area contributed by atoms with Crippen LogP contribution in [-0.2, 0) is 16.1 Å². The van der Waals surface area contributed by atoms with E-state index in [1.165, 1.54) is 6.92 Å². The van der Waals surface area contributed by atoms with Gasteiger partial charge < -0.3 is 16.4 Å². The first kappa shape index (κ1) is 18.4. The van der Waals surface area contributed by atoms with Gasteiger partial charge in [-0.25, -0.2) is 0 Å². The lowest BCUT2D eigenvalue weighted by atomic mass is 10.1. The van der Waals surface area contributed by atoms with Crippen molar-refractivity contribution in [3.63, 3.8) is 0 Å². The lowest BCUT2D eigenvalue weighted by Crippen LogP contribution is -2.40. The second-order valence-electron chi connectivity index (χ2n) is 4.49. The van der Waals surface area contributed by atoms with Crippen molar-refractivity contribution >= 4 is 29.9 Å². The number of carbonyl (C=O) groups is 2. The minimum atomic E-state index is -0.455. The fourth-order valence-corrected chi connectivity index (χ4v) is 1.72. The molecule has 0 fully saturated rings. The van der Waals surface area contributed by atoms with Gasteiger partial charge in [0.25, 0.3) is 0 Å². The van der Waals surface area contributed by atoms with Crippen molar-refractivity contribution in [3.8, 4) is 0 Å². The number of benzene rings is 1. The molecule has 0 spiro atoms. The van der Waals surface area contributed by atoms with Gasteiger partial charge in [-0.2, -0.15) is 0 Å². The van der Waals surface area contributed by atoms with Crippen LogP contribution in [-0.4, -0.2) is 17.9 Å². The van der Waals surface area contributed by atoms with Crippen LogP contribution in [0.4, 0.5) is 5.69 Å². The zero-order chi connectivity index (χ0) is 14.3. The summed E-state index contributed by atoms with van der Waals surface area (Å²) in [5.41, 5.74) is 7.36. The average Bonchev–Trinajstić information content (AvgIpc) is 2.36. The van der Waals surface area contributed by atoms with Crippen molar-refractivity contribution in [2.24, 2.45) is 5.73 Å². The molecule has 0 bridgehead atoms. The molecule has 0 heterocycles. The Morgan fingerprint density at radius 3 is 2.65 bits per heavy atom. The molecule has 4 N–H and O–H groups in total. The monoisotopic (exact) mass is 299 g/mol. The molecular weight excluding hydrogens is 278 g/mol. The maximum Gasteiger partial charge on any atom is 0.237 e. The molecule has 0 radical (unpaired) electrons. The molecule has 0 aliphatic rings. The summed E-state index contributed by atoms with van der Waals surface area (Å²) in [6, 6.07) is 6.89. The topological polar surface area (TPSA) is 84.2 Å². The van der Waals surface area contributed by atoms with E-state index in [4.69, 9.17) is 5.73 Å². The van der Waals surface area contributed by atoms with E-state index in [1.807, 2.05) is 25.1 Å². The van der Waals surface area contributed by atoms with E-state index in [0.717, 1.165) is 17.7 Å². The normalized spacial score (nSPS) is 11.2. The van der Waals surface area contributed by atoms with E-state index in [2.05, 4.69) is 10.6 Å². The van der Waals surface area contributed by atoms with Crippen molar-refractivity contribution in [3.05, 3.63) is 29.8 Å². The molecule has 2 amide bonds. The Morgan fingerprint density at radius 1 is 1.35 bits per heavy atom. The van der Waals surface area contributed by atoms with Crippen LogP contribution >= 0.6 is 12.4 Å². The zero-order valence-corrected chi connectivity index (χ0v) is 12.6. The quantitative estimate of drug-likeness (QED) is 0.749. The minimum Gasteiger partial charge on any atom is -0.351 e. The number of carbonyl (C=O) groups excluding carboxylic acids is 2. The van der Waals surface area contributed by atoms with Crippen LogP contribution in [0.1, 0.15) is 32.3 Å². The molecule has 0 aromatic heterocycles. The van der Waals surface area contributed by atoms with E-state index < -0.39 is 6.04 Å². The zero-order valence-electron chi connectivity index (χ0n) is 11.8. The van der Waals surface area contributed by atoms with Crippen molar-refractivity contribution in [2.45, 2.75) is 39.3 Å². The Labute approximate surface area is 125 Å². The third-order valence-electron chi connectivity index (χ3n) is 2.65. The fourth-order valence-electron chi connectivity index (χ4n) is 1.72. The molecular formula is C14H22ClN3O2. The fraction of sp³-hybridized carbons (Fsp3) is 0.429. The summed E-state index contributed by atoms with van der Waals surface area (Å²) in [6.07, 6.45) is 1.56. The Balaban J connectivity index is 0.00000361. The molecule has 0 saturated heterocycles. The summed E-state index contributed by atoms with van der Waals surface area (Å²) >= 11 is 0. The lowest BCUT2D eigenvalue weighted by Gasteiger charge is -2.11. The van der Waals surface area contributed by atoms with Gasteiger partial charge in [-0.05, 0) is 24.1 Å². The van der Waals surface area contributed by atoms with Gasteiger partial charge in [0.05, 0.1) is 6.04 Å². The molecule has 0 saturated carbocycles. The summed E-state index contributed by atoms with van der Waals surface area (Å²) in [4.78, 5) is 22.6. The molecule has 1 aromatic carbocycles. The molecule has 0 aliphatic heterocycles. The van der Waals surface area contributed by atoms with Gasteiger partial charge in [0.1, 0.15) is 0 Å². The van der Waals surface area contributed by atoms with Crippen molar-refractivity contribution in [2.75, 3.05) is 5.32 Å². The summed E-state index contributed by atoms with van der Waals surface area (Å²) in [6.45, 7) is 3.85. The Kier molecular flexibility index (Phi) is 8.59. The van der Waals surface area contributed by atoms with E-state index in [0.29, 0.717) is 13.0 Å². The van der Waals surface area contributed by atoms with Crippen molar-refractivity contribution in [1.82, 2.24) is 5.32 Å². The van der Waals surface area contributed by atoms with Crippen molar-refractivity contribution < 1.29 is 9.59 Å². The highest BCUT2D eigenvalue weighted by molar-refractivity contribution is 5.88. The van der Waals surface area contributed by atoms with Crippen LogP contribution in [0.5, 0.6) is 0 Å².